The third kappa shape index (κ3) is 2.56. The van der Waals surface area contributed by atoms with Crippen molar-refractivity contribution in [2.45, 2.75) is 19.5 Å². The summed E-state index contributed by atoms with van der Waals surface area (Å²) in [6.45, 7) is 1.67. The zero-order valence-corrected chi connectivity index (χ0v) is 10.4. The fraction of sp³-hybridized carbons (Fsp3) is 0.273. The fourth-order valence-corrected chi connectivity index (χ4v) is 1.82. The summed E-state index contributed by atoms with van der Waals surface area (Å²) in [6, 6.07) is 2.67. The van der Waals surface area contributed by atoms with Gasteiger partial charge in [-0.2, -0.15) is 13.2 Å². The van der Waals surface area contributed by atoms with E-state index < -0.39 is 17.7 Å². The minimum absolute atomic E-state index is 0.0863. The molecule has 1 heterocycles. The quantitative estimate of drug-likeness (QED) is 0.792. The van der Waals surface area contributed by atoms with E-state index in [4.69, 9.17) is 11.6 Å². The molecule has 2 aromatic rings. The third-order valence-corrected chi connectivity index (χ3v) is 2.85. The number of hydrogen-bond acceptors (Lipinski definition) is 2. The second-order valence-corrected chi connectivity index (χ2v) is 4.17. The molecule has 0 unspecified atom stereocenters. The van der Waals surface area contributed by atoms with E-state index in [0.29, 0.717) is 6.20 Å². The third-order valence-electron chi connectivity index (χ3n) is 2.56. The van der Waals surface area contributed by atoms with Crippen LogP contribution in [0.3, 0.4) is 0 Å². The highest BCUT2D eigenvalue weighted by molar-refractivity contribution is 6.30. The van der Waals surface area contributed by atoms with Crippen LogP contribution < -0.4 is 0 Å². The first-order valence-electron chi connectivity index (χ1n) is 5.31. The first-order chi connectivity index (χ1) is 8.84. The molecule has 102 valence electrons. The number of alkyl halides is 3. The van der Waals surface area contributed by atoms with Crippen molar-refractivity contribution in [3.8, 4) is 5.69 Å². The SMILES string of the molecule is CCc1c(-n2cc(C(F)(F)F)nn2)ccc(Cl)c1F. The van der Waals surface area contributed by atoms with Crippen molar-refractivity contribution in [2.24, 2.45) is 0 Å². The van der Waals surface area contributed by atoms with E-state index in [1.54, 1.807) is 6.92 Å². The smallest absolute Gasteiger partial charge is 0.220 e. The van der Waals surface area contributed by atoms with Crippen molar-refractivity contribution in [2.75, 3.05) is 0 Å². The minimum atomic E-state index is -4.59. The number of nitrogens with zero attached hydrogens (tertiary/aromatic N) is 3. The van der Waals surface area contributed by atoms with Gasteiger partial charge in [-0.05, 0) is 18.6 Å². The molecule has 0 amide bonds. The van der Waals surface area contributed by atoms with Crippen LogP contribution in [0, 0.1) is 5.82 Å². The molecule has 0 saturated carbocycles. The molecular weight excluding hydrogens is 286 g/mol. The van der Waals surface area contributed by atoms with Crippen molar-refractivity contribution < 1.29 is 17.6 Å². The normalized spacial score (nSPS) is 11.9. The average Bonchev–Trinajstić information content (AvgIpc) is 2.81. The maximum atomic E-state index is 13.8. The van der Waals surface area contributed by atoms with Gasteiger partial charge in [0.05, 0.1) is 16.9 Å². The van der Waals surface area contributed by atoms with Crippen molar-refractivity contribution in [3.63, 3.8) is 0 Å². The Morgan fingerprint density at radius 3 is 2.53 bits per heavy atom. The number of hydrogen-bond donors (Lipinski definition) is 0. The van der Waals surface area contributed by atoms with Gasteiger partial charge in [0.2, 0.25) is 0 Å². The zero-order chi connectivity index (χ0) is 14.2. The topological polar surface area (TPSA) is 30.7 Å². The Kier molecular flexibility index (Phi) is 3.49. The molecule has 0 aliphatic carbocycles. The highest BCUT2D eigenvalue weighted by Crippen LogP contribution is 2.29. The zero-order valence-electron chi connectivity index (χ0n) is 9.67. The van der Waals surface area contributed by atoms with Crippen molar-refractivity contribution >= 4 is 11.6 Å². The van der Waals surface area contributed by atoms with Crippen LogP contribution in [0.15, 0.2) is 18.3 Å². The number of benzene rings is 1. The van der Waals surface area contributed by atoms with Gasteiger partial charge in [-0.1, -0.05) is 23.7 Å². The summed E-state index contributed by atoms with van der Waals surface area (Å²) in [4.78, 5) is 0. The number of rotatable bonds is 2. The summed E-state index contributed by atoms with van der Waals surface area (Å²) in [7, 11) is 0. The fourth-order valence-electron chi connectivity index (χ4n) is 1.64. The lowest BCUT2D eigenvalue weighted by molar-refractivity contribution is -0.141. The van der Waals surface area contributed by atoms with Gasteiger partial charge in [0, 0.05) is 5.56 Å². The van der Waals surface area contributed by atoms with E-state index >= 15 is 0 Å². The Balaban J connectivity index is 2.54. The monoisotopic (exact) mass is 293 g/mol. The van der Waals surface area contributed by atoms with E-state index in [-0.39, 0.29) is 22.7 Å². The Morgan fingerprint density at radius 1 is 1.32 bits per heavy atom. The van der Waals surface area contributed by atoms with Gasteiger partial charge in [-0.15, -0.1) is 5.10 Å². The average molecular weight is 294 g/mol. The summed E-state index contributed by atoms with van der Waals surface area (Å²) in [5.74, 6) is -0.661. The van der Waals surface area contributed by atoms with Gasteiger partial charge in [0.25, 0.3) is 0 Å². The van der Waals surface area contributed by atoms with Crippen LogP contribution in [0.2, 0.25) is 5.02 Å². The predicted molar refractivity (Wildman–Crippen MR) is 60.7 cm³/mol. The Hall–Kier alpha value is -1.63. The molecule has 0 fully saturated rings. The molecule has 3 nitrogen and oxygen atoms in total. The lowest BCUT2D eigenvalue weighted by atomic mass is 10.1. The van der Waals surface area contributed by atoms with Crippen LogP contribution in [0.25, 0.3) is 5.69 Å². The molecule has 0 aliphatic rings. The van der Waals surface area contributed by atoms with Crippen molar-refractivity contribution in [1.29, 1.82) is 0 Å². The van der Waals surface area contributed by atoms with Crippen molar-refractivity contribution in [1.82, 2.24) is 15.0 Å². The van der Waals surface area contributed by atoms with E-state index in [1.807, 2.05) is 0 Å². The van der Waals surface area contributed by atoms with Crippen LogP contribution in [0.5, 0.6) is 0 Å². The molecule has 0 aliphatic heterocycles. The standard InChI is InChI=1S/C11H8ClF4N3/c1-2-6-8(4-3-7(12)10(6)13)19-5-9(17-18-19)11(14,15)16/h3-5H,2H2,1H3. The highest BCUT2D eigenvalue weighted by atomic mass is 35.5. The Morgan fingerprint density at radius 2 is 2.00 bits per heavy atom. The molecule has 0 N–H and O–H groups in total. The maximum absolute atomic E-state index is 13.8. The Labute approximate surface area is 110 Å². The second kappa shape index (κ2) is 4.80. The van der Waals surface area contributed by atoms with Gasteiger partial charge >= 0.3 is 6.18 Å². The molecule has 0 spiro atoms. The molecular formula is C11H8ClF4N3. The number of aromatic nitrogens is 3. The molecule has 2 rings (SSSR count). The van der Waals surface area contributed by atoms with Crippen molar-refractivity contribution in [3.05, 3.63) is 40.4 Å². The summed E-state index contributed by atoms with van der Waals surface area (Å²) >= 11 is 5.63. The highest BCUT2D eigenvalue weighted by Gasteiger charge is 2.34. The van der Waals surface area contributed by atoms with Gasteiger partial charge in [0.1, 0.15) is 5.82 Å². The maximum Gasteiger partial charge on any atom is 0.436 e. The van der Waals surface area contributed by atoms with Gasteiger partial charge in [0.15, 0.2) is 5.69 Å². The first-order valence-corrected chi connectivity index (χ1v) is 5.69. The van der Waals surface area contributed by atoms with Crippen LogP contribution in [-0.4, -0.2) is 15.0 Å². The molecule has 1 aromatic heterocycles. The van der Waals surface area contributed by atoms with E-state index in [2.05, 4.69) is 10.3 Å². The van der Waals surface area contributed by atoms with Crippen LogP contribution >= 0.6 is 11.6 Å². The van der Waals surface area contributed by atoms with Gasteiger partial charge < -0.3 is 0 Å². The molecule has 8 heteroatoms. The van der Waals surface area contributed by atoms with Crippen LogP contribution in [0.4, 0.5) is 17.6 Å². The lowest BCUT2D eigenvalue weighted by Gasteiger charge is -2.09. The lowest BCUT2D eigenvalue weighted by Crippen LogP contribution is -2.05. The van der Waals surface area contributed by atoms with Gasteiger partial charge in [-0.3, -0.25) is 0 Å². The molecule has 0 bridgehead atoms. The Bertz CT molecular complexity index is 606. The summed E-state index contributed by atoms with van der Waals surface area (Å²) in [5.41, 5.74) is -0.761. The number of halogens is 5. The summed E-state index contributed by atoms with van der Waals surface area (Å²) < 4.78 is 52.0. The molecule has 1 aromatic carbocycles. The minimum Gasteiger partial charge on any atom is -0.220 e. The molecule has 0 saturated heterocycles. The largest absolute Gasteiger partial charge is 0.436 e. The summed E-state index contributed by atoms with van der Waals surface area (Å²) in [6.07, 6.45) is -3.61. The van der Waals surface area contributed by atoms with E-state index in [9.17, 15) is 17.6 Å². The van der Waals surface area contributed by atoms with Gasteiger partial charge in [-0.25, -0.2) is 9.07 Å². The van der Waals surface area contributed by atoms with Crippen LogP contribution in [0.1, 0.15) is 18.2 Å². The second-order valence-electron chi connectivity index (χ2n) is 3.76. The van der Waals surface area contributed by atoms with E-state index in [1.165, 1.54) is 12.1 Å². The van der Waals surface area contributed by atoms with Crippen LogP contribution in [-0.2, 0) is 12.6 Å². The first kappa shape index (κ1) is 13.8. The molecule has 19 heavy (non-hydrogen) atoms. The van der Waals surface area contributed by atoms with E-state index in [0.717, 1.165) is 4.68 Å². The predicted octanol–water partition coefficient (Wildman–Crippen LogP) is 3.64. The summed E-state index contributed by atoms with van der Waals surface area (Å²) in [5, 5.41) is 6.31. The molecule has 0 radical (unpaired) electrons. The molecule has 0 atom stereocenters.